The number of aryl methyl sites for hydroxylation is 2. The van der Waals surface area contributed by atoms with E-state index in [2.05, 4.69) is 15.4 Å². The van der Waals surface area contributed by atoms with E-state index >= 15 is 0 Å². The standard InChI is InChI=1S/C23H20N4O3/c1-14-12-18(23(28)25-16-8-9-19-20(13-16)30-11-10-29-19)21-15(2)26-27(22(21)24-14)17-6-4-3-5-7-17/h3-9,12-13H,10-11H2,1-2H3,(H,25,28). The number of anilines is 1. The van der Waals surface area contributed by atoms with E-state index in [4.69, 9.17) is 9.47 Å². The van der Waals surface area contributed by atoms with Crippen LogP contribution in [0, 0.1) is 13.8 Å². The zero-order valence-electron chi connectivity index (χ0n) is 16.7. The summed E-state index contributed by atoms with van der Waals surface area (Å²) >= 11 is 0. The number of fused-ring (bicyclic) bond motifs is 2. The molecule has 0 fully saturated rings. The lowest BCUT2D eigenvalue weighted by atomic mass is 10.1. The van der Waals surface area contributed by atoms with Crippen molar-refractivity contribution in [3.63, 3.8) is 0 Å². The highest BCUT2D eigenvalue weighted by atomic mass is 16.6. The van der Waals surface area contributed by atoms with Gasteiger partial charge in [-0.15, -0.1) is 0 Å². The van der Waals surface area contributed by atoms with Crippen LogP contribution >= 0.6 is 0 Å². The highest BCUT2D eigenvalue weighted by molar-refractivity contribution is 6.12. The lowest BCUT2D eigenvalue weighted by Crippen LogP contribution is -2.17. The van der Waals surface area contributed by atoms with Gasteiger partial charge < -0.3 is 14.8 Å². The summed E-state index contributed by atoms with van der Waals surface area (Å²) in [7, 11) is 0. The average molecular weight is 400 g/mol. The topological polar surface area (TPSA) is 78.3 Å². The van der Waals surface area contributed by atoms with Gasteiger partial charge in [0, 0.05) is 17.4 Å². The quantitative estimate of drug-likeness (QED) is 0.561. The van der Waals surface area contributed by atoms with Crippen molar-refractivity contribution in [3.05, 3.63) is 71.5 Å². The lowest BCUT2D eigenvalue weighted by molar-refractivity contribution is 0.102. The second-order valence-electron chi connectivity index (χ2n) is 7.16. The third-order valence-corrected chi connectivity index (χ3v) is 4.99. The molecule has 7 nitrogen and oxygen atoms in total. The fourth-order valence-electron chi connectivity index (χ4n) is 3.66. The van der Waals surface area contributed by atoms with Crippen LogP contribution in [-0.2, 0) is 0 Å². The van der Waals surface area contributed by atoms with Gasteiger partial charge in [0.2, 0.25) is 0 Å². The molecule has 7 heteroatoms. The molecule has 0 spiro atoms. The van der Waals surface area contributed by atoms with E-state index < -0.39 is 0 Å². The summed E-state index contributed by atoms with van der Waals surface area (Å²) in [6, 6.07) is 16.9. The number of benzene rings is 2. The maximum Gasteiger partial charge on any atom is 0.256 e. The van der Waals surface area contributed by atoms with Gasteiger partial charge in [-0.25, -0.2) is 9.67 Å². The smallest absolute Gasteiger partial charge is 0.256 e. The minimum Gasteiger partial charge on any atom is -0.486 e. The van der Waals surface area contributed by atoms with Gasteiger partial charge in [0.15, 0.2) is 17.1 Å². The Bertz CT molecular complexity index is 1260. The Hall–Kier alpha value is -3.87. The number of aromatic nitrogens is 3. The molecule has 2 aromatic heterocycles. The van der Waals surface area contributed by atoms with Gasteiger partial charge in [-0.05, 0) is 44.2 Å². The average Bonchev–Trinajstić information content (AvgIpc) is 3.10. The number of ether oxygens (including phenoxy) is 2. The van der Waals surface area contributed by atoms with Crippen molar-refractivity contribution in [1.82, 2.24) is 14.8 Å². The van der Waals surface area contributed by atoms with Crippen molar-refractivity contribution < 1.29 is 14.3 Å². The largest absolute Gasteiger partial charge is 0.486 e. The Morgan fingerprint density at radius 1 is 1.00 bits per heavy atom. The number of rotatable bonds is 3. The van der Waals surface area contributed by atoms with E-state index in [9.17, 15) is 4.79 Å². The van der Waals surface area contributed by atoms with Crippen LogP contribution in [0.3, 0.4) is 0 Å². The molecule has 1 N–H and O–H groups in total. The van der Waals surface area contributed by atoms with E-state index in [-0.39, 0.29) is 5.91 Å². The van der Waals surface area contributed by atoms with Gasteiger partial charge in [-0.1, -0.05) is 18.2 Å². The number of nitrogens with zero attached hydrogens (tertiary/aromatic N) is 3. The minimum absolute atomic E-state index is 0.224. The second kappa shape index (κ2) is 7.18. The molecule has 1 aliphatic rings. The first-order chi connectivity index (χ1) is 14.6. The molecule has 30 heavy (non-hydrogen) atoms. The Morgan fingerprint density at radius 3 is 2.57 bits per heavy atom. The SMILES string of the molecule is Cc1cc(C(=O)Nc2ccc3c(c2)OCCO3)c2c(C)nn(-c3ccccc3)c2n1. The molecule has 3 heterocycles. The summed E-state index contributed by atoms with van der Waals surface area (Å²) < 4.78 is 12.9. The molecule has 5 rings (SSSR count). The molecule has 0 atom stereocenters. The molecule has 0 aliphatic carbocycles. The molecule has 1 aliphatic heterocycles. The third kappa shape index (κ3) is 3.14. The highest BCUT2D eigenvalue weighted by Crippen LogP contribution is 2.33. The molecule has 150 valence electrons. The molecule has 0 unspecified atom stereocenters. The zero-order chi connectivity index (χ0) is 20.7. The van der Waals surface area contributed by atoms with Crippen LogP contribution in [0.15, 0.2) is 54.6 Å². The summed E-state index contributed by atoms with van der Waals surface area (Å²) in [6.07, 6.45) is 0. The highest BCUT2D eigenvalue weighted by Gasteiger charge is 2.20. The summed E-state index contributed by atoms with van der Waals surface area (Å²) in [4.78, 5) is 17.9. The molecule has 0 saturated heterocycles. The number of pyridine rings is 1. The number of hydrogen-bond donors (Lipinski definition) is 1. The fraction of sp³-hybridized carbons (Fsp3) is 0.174. The van der Waals surface area contributed by atoms with E-state index in [1.165, 1.54) is 0 Å². The predicted molar refractivity (Wildman–Crippen MR) is 114 cm³/mol. The number of hydrogen-bond acceptors (Lipinski definition) is 5. The Kier molecular flexibility index (Phi) is 4.35. The van der Waals surface area contributed by atoms with Crippen LogP contribution in [0.2, 0.25) is 0 Å². The molecular weight excluding hydrogens is 380 g/mol. The van der Waals surface area contributed by atoms with Crippen molar-refractivity contribution >= 4 is 22.6 Å². The fourth-order valence-corrected chi connectivity index (χ4v) is 3.66. The van der Waals surface area contributed by atoms with Crippen molar-refractivity contribution in [3.8, 4) is 17.2 Å². The predicted octanol–water partition coefficient (Wildman–Crippen LogP) is 4.06. The molecule has 4 aromatic rings. The number of para-hydroxylation sites is 1. The molecule has 2 aromatic carbocycles. The normalized spacial score (nSPS) is 12.7. The van der Waals surface area contributed by atoms with Crippen molar-refractivity contribution in [2.24, 2.45) is 0 Å². The molecule has 0 radical (unpaired) electrons. The maximum atomic E-state index is 13.2. The number of amides is 1. The van der Waals surface area contributed by atoms with Crippen LogP contribution in [0.4, 0.5) is 5.69 Å². The van der Waals surface area contributed by atoms with Crippen LogP contribution < -0.4 is 14.8 Å². The third-order valence-electron chi connectivity index (χ3n) is 4.99. The Morgan fingerprint density at radius 2 is 1.77 bits per heavy atom. The second-order valence-corrected chi connectivity index (χ2v) is 7.16. The Balaban J connectivity index is 1.56. The van der Waals surface area contributed by atoms with E-state index in [1.807, 2.05) is 44.2 Å². The molecule has 0 saturated carbocycles. The van der Waals surface area contributed by atoms with E-state index in [1.54, 1.807) is 28.9 Å². The van der Waals surface area contributed by atoms with Crippen LogP contribution in [0.25, 0.3) is 16.7 Å². The molecule has 0 bridgehead atoms. The first kappa shape index (κ1) is 18.2. The number of carbonyl (C=O) groups is 1. The van der Waals surface area contributed by atoms with Crippen molar-refractivity contribution in [2.45, 2.75) is 13.8 Å². The van der Waals surface area contributed by atoms with Crippen LogP contribution in [0.1, 0.15) is 21.7 Å². The number of carbonyl (C=O) groups excluding carboxylic acids is 1. The van der Waals surface area contributed by atoms with E-state index in [0.29, 0.717) is 41.6 Å². The van der Waals surface area contributed by atoms with E-state index in [0.717, 1.165) is 22.5 Å². The van der Waals surface area contributed by atoms with Gasteiger partial charge >= 0.3 is 0 Å². The first-order valence-corrected chi connectivity index (χ1v) is 9.73. The molecular formula is C23H20N4O3. The monoisotopic (exact) mass is 400 g/mol. The van der Waals surface area contributed by atoms with Crippen molar-refractivity contribution in [2.75, 3.05) is 18.5 Å². The van der Waals surface area contributed by atoms with Gasteiger partial charge in [0.1, 0.15) is 13.2 Å². The van der Waals surface area contributed by atoms with Gasteiger partial charge in [-0.3, -0.25) is 4.79 Å². The van der Waals surface area contributed by atoms with Gasteiger partial charge in [0.05, 0.1) is 22.3 Å². The Labute approximate surface area is 173 Å². The van der Waals surface area contributed by atoms with Gasteiger partial charge in [0.25, 0.3) is 5.91 Å². The zero-order valence-corrected chi connectivity index (χ0v) is 16.7. The van der Waals surface area contributed by atoms with Gasteiger partial charge in [-0.2, -0.15) is 5.10 Å². The summed E-state index contributed by atoms with van der Waals surface area (Å²) in [5.74, 6) is 1.09. The minimum atomic E-state index is -0.224. The van der Waals surface area contributed by atoms with Crippen molar-refractivity contribution in [1.29, 1.82) is 0 Å². The summed E-state index contributed by atoms with van der Waals surface area (Å²) in [6.45, 7) is 4.78. The summed E-state index contributed by atoms with van der Waals surface area (Å²) in [5, 5.41) is 8.35. The molecule has 1 amide bonds. The summed E-state index contributed by atoms with van der Waals surface area (Å²) in [5.41, 5.74) is 4.21. The first-order valence-electron chi connectivity index (χ1n) is 9.73. The lowest BCUT2D eigenvalue weighted by Gasteiger charge is -2.19. The number of nitrogens with one attached hydrogen (secondary N) is 1. The van der Waals surface area contributed by atoms with Crippen LogP contribution in [-0.4, -0.2) is 33.9 Å². The van der Waals surface area contributed by atoms with Crippen LogP contribution in [0.5, 0.6) is 11.5 Å². The maximum absolute atomic E-state index is 13.2.